The highest BCUT2D eigenvalue weighted by Gasteiger charge is 2.23. The smallest absolute Gasteiger partial charge is 0.226 e. The lowest BCUT2D eigenvalue weighted by molar-refractivity contribution is -0.120. The summed E-state index contributed by atoms with van der Waals surface area (Å²) >= 11 is 0. The highest BCUT2D eigenvalue weighted by Crippen LogP contribution is 2.23. The lowest BCUT2D eigenvalue weighted by atomic mass is 9.99. The molecule has 1 fully saturated rings. The third-order valence-corrected chi connectivity index (χ3v) is 2.71. The Hall–Kier alpha value is -1.31. The van der Waals surface area contributed by atoms with Crippen molar-refractivity contribution < 1.29 is 4.79 Å². The Kier molecular flexibility index (Phi) is 2.53. The SMILES string of the molecule is CC1CCC(=O)N(c2ccccc2)C1. The summed E-state index contributed by atoms with van der Waals surface area (Å²) in [6, 6.07) is 9.91. The van der Waals surface area contributed by atoms with Crippen LogP contribution in [0.5, 0.6) is 0 Å². The number of nitrogens with zero attached hydrogens (tertiary/aromatic N) is 1. The Morgan fingerprint density at radius 2 is 2.00 bits per heavy atom. The molecule has 2 heteroatoms. The van der Waals surface area contributed by atoms with Gasteiger partial charge in [0.05, 0.1) is 0 Å². The summed E-state index contributed by atoms with van der Waals surface area (Å²) in [5.41, 5.74) is 1.03. The largest absolute Gasteiger partial charge is 0.312 e. The monoisotopic (exact) mass is 189 g/mol. The van der Waals surface area contributed by atoms with Crippen molar-refractivity contribution >= 4 is 11.6 Å². The maximum atomic E-state index is 11.7. The van der Waals surface area contributed by atoms with E-state index >= 15 is 0 Å². The fraction of sp³-hybridized carbons (Fsp3) is 0.417. The first kappa shape index (κ1) is 9.25. The Morgan fingerprint density at radius 3 is 2.71 bits per heavy atom. The second kappa shape index (κ2) is 3.82. The topological polar surface area (TPSA) is 20.3 Å². The molecule has 1 aliphatic heterocycles. The molecule has 1 aromatic rings. The molecule has 1 unspecified atom stereocenters. The van der Waals surface area contributed by atoms with Crippen molar-refractivity contribution in [2.45, 2.75) is 19.8 Å². The predicted octanol–water partition coefficient (Wildman–Crippen LogP) is 2.45. The number of hydrogen-bond donors (Lipinski definition) is 0. The van der Waals surface area contributed by atoms with Gasteiger partial charge in [-0.25, -0.2) is 0 Å². The maximum Gasteiger partial charge on any atom is 0.226 e. The summed E-state index contributed by atoms with van der Waals surface area (Å²) in [5.74, 6) is 0.877. The fourth-order valence-corrected chi connectivity index (χ4v) is 1.87. The molecule has 2 nitrogen and oxygen atoms in total. The minimum Gasteiger partial charge on any atom is -0.312 e. The minimum absolute atomic E-state index is 0.259. The lowest BCUT2D eigenvalue weighted by Crippen LogP contribution is -2.39. The molecule has 1 amide bonds. The molecule has 2 rings (SSSR count). The van der Waals surface area contributed by atoms with E-state index in [1.165, 1.54) is 0 Å². The van der Waals surface area contributed by atoms with Crippen LogP contribution in [-0.2, 0) is 4.79 Å². The van der Waals surface area contributed by atoms with Gasteiger partial charge in [-0.2, -0.15) is 0 Å². The van der Waals surface area contributed by atoms with Crippen molar-refractivity contribution in [3.05, 3.63) is 30.3 Å². The number of hydrogen-bond acceptors (Lipinski definition) is 1. The van der Waals surface area contributed by atoms with E-state index in [2.05, 4.69) is 6.92 Å². The standard InChI is InChI=1S/C12H15NO/c1-10-7-8-12(14)13(9-10)11-5-3-2-4-6-11/h2-6,10H,7-9H2,1H3. The number of benzene rings is 1. The molecule has 0 radical (unpaired) electrons. The van der Waals surface area contributed by atoms with Crippen LogP contribution < -0.4 is 4.90 Å². The summed E-state index contributed by atoms with van der Waals surface area (Å²) < 4.78 is 0. The minimum atomic E-state index is 0.259. The molecule has 0 aliphatic carbocycles. The van der Waals surface area contributed by atoms with Crippen molar-refractivity contribution in [2.24, 2.45) is 5.92 Å². The van der Waals surface area contributed by atoms with Crippen LogP contribution >= 0.6 is 0 Å². The summed E-state index contributed by atoms with van der Waals surface area (Å²) in [4.78, 5) is 13.6. The van der Waals surface area contributed by atoms with Crippen LogP contribution in [0.15, 0.2) is 30.3 Å². The molecule has 74 valence electrons. The van der Waals surface area contributed by atoms with Crippen molar-refractivity contribution in [1.29, 1.82) is 0 Å². The van der Waals surface area contributed by atoms with E-state index in [0.29, 0.717) is 12.3 Å². The second-order valence-electron chi connectivity index (χ2n) is 3.98. The predicted molar refractivity (Wildman–Crippen MR) is 57.2 cm³/mol. The van der Waals surface area contributed by atoms with Crippen LogP contribution in [0, 0.1) is 5.92 Å². The van der Waals surface area contributed by atoms with Gasteiger partial charge in [0.15, 0.2) is 0 Å². The molecule has 1 aromatic carbocycles. The van der Waals surface area contributed by atoms with Gasteiger partial charge in [-0.1, -0.05) is 25.1 Å². The summed E-state index contributed by atoms with van der Waals surface area (Å²) in [6.07, 6.45) is 1.72. The highest BCUT2D eigenvalue weighted by molar-refractivity contribution is 5.94. The third-order valence-electron chi connectivity index (χ3n) is 2.71. The number of amides is 1. The number of carbonyl (C=O) groups is 1. The maximum absolute atomic E-state index is 11.7. The normalized spacial score (nSPS) is 22.5. The summed E-state index contributed by atoms with van der Waals surface area (Å²) in [5, 5.41) is 0. The molecule has 1 atom stereocenters. The van der Waals surface area contributed by atoms with Crippen LogP contribution in [0.2, 0.25) is 0 Å². The zero-order chi connectivity index (χ0) is 9.97. The molecule has 0 spiro atoms. The Balaban J connectivity index is 2.20. The van der Waals surface area contributed by atoms with Crippen molar-refractivity contribution in [3.63, 3.8) is 0 Å². The molecule has 1 saturated heterocycles. The first-order valence-corrected chi connectivity index (χ1v) is 5.13. The van der Waals surface area contributed by atoms with Gasteiger partial charge >= 0.3 is 0 Å². The number of piperidine rings is 1. The van der Waals surface area contributed by atoms with E-state index in [4.69, 9.17) is 0 Å². The Morgan fingerprint density at radius 1 is 1.29 bits per heavy atom. The molecule has 0 bridgehead atoms. The van der Waals surface area contributed by atoms with Gasteiger partial charge in [-0.15, -0.1) is 0 Å². The van der Waals surface area contributed by atoms with Gasteiger partial charge < -0.3 is 4.90 Å². The fourth-order valence-electron chi connectivity index (χ4n) is 1.87. The van der Waals surface area contributed by atoms with E-state index in [-0.39, 0.29) is 5.91 Å². The number of para-hydroxylation sites is 1. The average molecular weight is 189 g/mol. The zero-order valence-electron chi connectivity index (χ0n) is 8.44. The summed E-state index contributed by atoms with van der Waals surface area (Å²) in [6.45, 7) is 3.06. The Bertz CT molecular complexity index is 320. The van der Waals surface area contributed by atoms with Gasteiger partial charge in [-0.05, 0) is 24.5 Å². The molecular formula is C12H15NO. The van der Waals surface area contributed by atoms with Crippen molar-refractivity contribution in [2.75, 3.05) is 11.4 Å². The number of anilines is 1. The van der Waals surface area contributed by atoms with Gasteiger partial charge in [0.2, 0.25) is 5.91 Å². The van der Waals surface area contributed by atoms with E-state index in [0.717, 1.165) is 18.7 Å². The Labute approximate surface area is 84.5 Å². The number of rotatable bonds is 1. The van der Waals surface area contributed by atoms with Crippen LogP contribution in [0.1, 0.15) is 19.8 Å². The van der Waals surface area contributed by atoms with E-state index < -0.39 is 0 Å². The molecule has 1 heterocycles. The third kappa shape index (κ3) is 1.79. The lowest BCUT2D eigenvalue weighted by Gasteiger charge is -2.30. The van der Waals surface area contributed by atoms with E-state index in [9.17, 15) is 4.79 Å². The van der Waals surface area contributed by atoms with Crippen LogP contribution in [0.3, 0.4) is 0 Å². The van der Waals surface area contributed by atoms with Crippen LogP contribution in [0.25, 0.3) is 0 Å². The van der Waals surface area contributed by atoms with Crippen LogP contribution in [-0.4, -0.2) is 12.5 Å². The molecule has 0 aromatic heterocycles. The molecule has 1 aliphatic rings. The first-order valence-electron chi connectivity index (χ1n) is 5.13. The van der Waals surface area contributed by atoms with Gasteiger partial charge in [-0.3, -0.25) is 4.79 Å². The van der Waals surface area contributed by atoms with Crippen molar-refractivity contribution in [1.82, 2.24) is 0 Å². The average Bonchev–Trinajstić information content (AvgIpc) is 2.23. The molecule has 14 heavy (non-hydrogen) atoms. The first-order chi connectivity index (χ1) is 6.77. The molecule has 0 N–H and O–H groups in total. The summed E-state index contributed by atoms with van der Waals surface area (Å²) in [7, 11) is 0. The zero-order valence-corrected chi connectivity index (χ0v) is 8.44. The molecular weight excluding hydrogens is 174 g/mol. The molecule has 0 saturated carbocycles. The second-order valence-corrected chi connectivity index (χ2v) is 3.98. The van der Waals surface area contributed by atoms with Gasteiger partial charge in [0, 0.05) is 18.7 Å². The van der Waals surface area contributed by atoms with E-state index in [1.54, 1.807) is 0 Å². The highest BCUT2D eigenvalue weighted by atomic mass is 16.2. The van der Waals surface area contributed by atoms with Gasteiger partial charge in [0.25, 0.3) is 0 Å². The van der Waals surface area contributed by atoms with Crippen molar-refractivity contribution in [3.8, 4) is 0 Å². The number of carbonyl (C=O) groups excluding carboxylic acids is 1. The van der Waals surface area contributed by atoms with Gasteiger partial charge in [0.1, 0.15) is 0 Å². The van der Waals surface area contributed by atoms with E-state index in [1.807, 2.05) is 35.2 Å². The van der Waals surface area contributed by atoms with Crippen LogP contribution in [0.4, 0.5) is 5.69 Å². The quantitative estimate of drug-likeness (QED) is 0.664.